The molecule has 16 heavy (non-hydrogen) atoms. The number of piperidine rings is 1. The molecule has 0 aliphatic carbocycles. The van der Waals surface area contributed by atoms with Crippen molar-refractivity contribution >= 4 is 5.97 Å². The first-order valence-corrected chi connectivity index (χ1v) is 6.42. The zero-order valence-electron chi connectivity index (χ0n) is 10.2. The van der Waals surface area contributed by atoms with E-state index < -0.39 is 5.97 Å². The molecule has 0 aromatic heterocycles. The van der Waals surface area contributed by atoms with E-state index in [2.05, 4.69) is 17.1 Å². The largest absolute Gasteiger partial charge is 0.480 e. The molecule has 0 amide bonds. The highest BCUT2D eigenvalue weighted by molar-refractivity contribution is 5.73. The normalized spacial score (nSPS) is 19.6. The third kappa shape index (κ3) is 4.94. The Kier molecular flexibility index (Phi) is 6.42. The van der Waals surface area contributed by atoms with Crippen LogP contribution in [0.2, 0.25) is 0 Å². The minimum absolute atomic E-state index is 0.373. The van der Waals surface area contributed by atoms with Crippen molar-refractivity contribution < 1.29 is 9.90 Å². The highest BCUT2D eigenvalue weighted by atomic mass is 16.4. The number of hydrogen-bond donors (Lipinski definition) is 2. The lowest BCUT2D eigenvalue weighted by atomic mass is 10.1. The minimum atomic E-state index is -0.717. The van der Waals surface area contributed by atoms with Crippen LogP contribution in [0.1, 0.15) is 39.0 Å². The van der Waals surface area contributed by atoms with Crippen LogP contribution in [0.4, 0.5) is 0 Å². The van der Waals surface area contributed by atoms with Crippen LogP contribution in [-0.4, -0.2) is 48.2 Å². The third-order valence-corrected chi connectivity index (χ3v) is 3.12. The predicted molar refractivity (Wildman–Crippen MR) is 64.6 cm³/mol. The summed E-state index contributed by atoms with van der Waals surface area (Å²) < 4.78 is 0. The molecule has 0 radical (unpaired) electrons. The Morgan fingerprint density at radius 2 is 2.06 bits per heavy atom. The lowest BCUT2D eigenvalue weighted by Gasteiger charge is -2.27. The summed E-state index contributed by atoms with van der Waals surface area (Å²) in [4.78, 5) is 13.4. The summed E-state index contributed by atoms with van der Waals surface area (Å²) >= 11 is 0. The predicted octanol–water partition coefficient (Wildman–Crippen LogP) is 1.32. The Hall–Kier alpha value is -0.610. The van der Waals surface area contributed by atoms with Crippen molar-refractivity contribution in [2.45, 2.75) is 45.1 Å². The molecular formula is C12H24N2O2. The van der Waals surface area contributed by atoms with Gasteiger partial charge in [0.2, 0.25) is 0 Å². The Balaban J connectivity index is 2.22. The summed E-state index contributed by atoms with van der Waals surface area (Å²) in [6.07, 6.45) is 5.55. The first-order valence-electron chi connectivity index (χ1n) is 6.42. The fourth-order valence-corrected chi connectivity index (χ4v) is 2.13. The average molecular weight is 228 g/mol. The zero-order valence-corrected chi connectivity index (χ0v) is 10.2. The second-order valence-corrected chi connectivity index (χ2v) is 4.54. The Morgan fingerprint density at radius 3 is 2.62 bits per heavy atom. The van der Waals surface area contributed by atoms with Gasteiger partial charge in [-0.25, -0.2) is 0 Å². The molecule has 1 aliphatic rings. The summed E-state index contributed by atoms with van der Waals surface area (Å²) in [5.41, 5.74) is 0. The second-order valence-electron chi connectivity index (χ2n) is 4.54. The van der Waals surface area contributed by atoms with Crippen molar-refractivity contribution in [3.8, 4) is 0 Å². The molecule has 1 unspecified atom stereocenters. The fraction of sp³-hybridized carbons (Fsp3) is 0.917. The summed E-state index contributed by atoms with van der Waals surface area (Å²) in [7, 11) is 0. The van der Waals surface area contributed by atoms with E-state index in [0.29, 0.717) is 0 Å². The van der Waals surface area contributed by atoms with E-state index in [4.69, 9.17) is 5.11 Å². The number of carboxylic acid groups (broad SMARTS) is 1. The molecule has 1 atom stereocenters. The van der Waals surface area contributed by atoms with E-state index in [1.165, 1.54) is 19.3 Å². The van der Waals surface area contributed by atoms with Crippen molar-refractivity contribution in [1.29, 1.82) is 0 Å². The number of nitrogens with one attached hydrogen (secondary N) is 1. The van der Waals surface area contributed by atoms with Crippen LogP contribution < -0.4 is 5.32 Å². The van der Waals surface area contributed by atoms with Crippen LogP contribution >= 0.6 is 0 Å². The van der Waals surface area contributed by atoms with Crippen molar-refractivity contribution in [3.05, 3.63) is 0 Å². The summed E-state index contributed by atoms with van der Waals surface area (Å²) in [5, 5.41) is 12.1. The Bertz CT molecular complexity index is 203. The van der Waals surface area contributed by atoms with Gasteiger partial charge in [0.15, 0.2) is 0 Å². The van der Waals surface area contributed by atoms with Gasteiger partial charge in [-0.1, -0.05) is 13.3 Å². The molecule has 1 aliphatic heterocycles. The topological polar surface area (TPSA) is 52.6 Å². The molecular weight excluding hydrogens is 204 g/mol. The van der Waals surface area contributed by atoms with E-state index in [1.807, 2.05) is 0 Å². The Labute approximate surface area is 98.0 Å². The van der Waals surface area contributed by atoms with Crippen molar-refractivity contribution in [2.75, 3.05) is 26.2 Å². The van der Waals surface area contributed by atoms with Crippen molar-refractivity contribution in [2.24, 2.45) is 0 Å². The molecule has 4 heteroatoms. The third-order valence-electron chi connectivity index (χ3n) is 3.12. The number of hydrogen-bond acceptors (Lipinski definition) is 3. The molecule has 1 fully saturated rings. The number of carboxylic acids is 1. The maximum Gasteiger partial charge on any atom is 0.320 e. The standard InChI is InChI=1S/C12H24N2O2/c1-2-7-13-11(12(15)16)6-10-14-8-4-3-5-9-14/h11,13H,2-10H2,1H3,(H,15,16). The second kappa shape index (κ2) is 7.63. The van der Waals surface area contributed by atoms with Gasteiger partial charge in [0, 0.05) is 6.54 Å². The van der Waals surface area contributed by atoms with Gasteiger partial charge in [-0.2, -0.15) is 0 Å². The molecule has 2 N–H and O–H groups in total. The van der Waals surface area contributed by atoms with Gasteiger partial charge in [0.1, 0.15) is 6.04 Å². The van der Waals surface area contributed by atoms with Crippen molar-refractivity contribution in [1.82, 2.24) is 10.2 Å². The van der Waals surface area contributed by atoms with Crippen molar-refractivity contribution in [3.63, 3.8) is 0 Å². The lowest BCUT2D eigenvalue weighted by Crippen LogP contribution is -2.41. The Morgan fingerprint density at radius 1 is 1.38 bits per heavy atom. The number of rotatable bonds is 7. The molecule has 0 spiro atoms. The van der Waals surface area contributed by atoms with Gasteiger partial charge < -0.3 is 15.3 Å². The molecule has 0 bridgehead atoms. The first-order chi connectivity index (χ1) is 7.74. The monoisotopic (exact) mass is 228 g/mol. The average Bonchev–Trinajstić information content (AvgIpc) is 2.30. The van der Waals surface area contributed by atoms with Crippen LogP contribution in [0.3, 0.4) is 0 Å². The maximum absolute atomic E-state index is 11.0. The quantitative estimate of drug-likeness (QED) is 0.690. The first kappa shape index (κ1) is 13.5. The molecule has 1 heterocycles. The van der Waals surface area contributed by atoms with E-state index in [0.717, 1.165) is 39.0 Å². The fourth-order valence-electron chi connectivity index (χ4n) is 2.13. The van der Waals surface area contributed by atoms with Crippen LogP contribution in [0.25, 0.3) is 0 Å². The smallest absolute Gasteiger partial charge is 0.320 e. The molecule has 4 nitrogen and oxygen atoms in total. The zero-order chi connectivity index (χ0) is 11.8. The van der Waals surface area contributed by atoms with E-state index in [-0.39, 0.29) is 6.04 Å². The molecule has 1 saturated heterocycles. The van der Waals surface area contributed by atoms with Gasteiger partial charge in [-0.3, -0.25) is 4.79 Å². The van der Waals surface area contributed by atoms with E-state index in [9.17, 15) is 4.79 Å². The molecule has 0 aromatic carbocycles. The van der Waals surface area contributed by atoms with Crippen LogP contribution in [0.5, 0.6) is 0 Å². The number of carbonyl (C=O) groups is 1. The van der Waals surface area contributed by atoms with Gasteiger partial charge in [-0.15, -0.1) is 0 Å². The van der Waals surface area contributed by atoms with E-state index in [1.54, 1.807) is 0 Å². The SMILES string of the molecule is CCCNC(CCN1CCCCC1)C(=O)O. The summed E-state index contributed by atoms with van der Waals surface area (Å²) in [6.45, 7) is 6.03. The number of likely N-dealkylation sites (tertiary alicyclic amines) is 1. The van der Waals surface area contributed by atoms with Gasteiger partial charge in [0.25, 0.3) is 0 Å². The van der Waals surface area contributed by atoms with Gasteiger partial charge in [0.05, 0.1) is 0 Å². The summed E-state index contributed by atoms with van der Waals surface area (Å²) in [5.74, 6) is -0.717. The van der Waals surface area contributed by atoms with E-state index >= 15 is 0 Å². The number of aliphatic carboxylic acids is 1. The number of nitrogens with zero attached hydrogens (tertiary/aromatic N) is 1. The molecule has 1 rings (SSSR count). The van der Waals surface area contributed by atoms with Crippen LogP contribution in [0, 0.1) is 0 Å². The highest BCUT2D eigenvalue weighted by Crippen LogP contribution is 2.09. The molecule has 0 aromatic rings. The molecule has 94 valence electrons. The minimum Gasteiger partial charge on any atom is -0.480 e. The lowest BCUT2D eigenvalue weighted by molar-refractivity contribution is -0.139. The molecule has 0 saturated carbocycles. The van der Waals surface area contributed by atoms with Crippen LogP contribution in [-0.2, 0) is 4.79 Å². The van der Waals surface area contributed by atoms with Gasteiger partial charge in [-0.05, 0) is 45.3 Å². The summed E-state index contributed by atoms with van der Waals surface area (Å²) in [6, 6.07) is -0.373. The van der Waals surface area contributed by atoms with Gasteiger partial charge >= 0.3 is 5.97 Å². The highest BCUT2D eigenvalue weighted by Gasteiger charge is 2.18. The maximum atomic E-state index is 11.0. The van der Waals surface area contributed by atoms with Crippen LogP contribution in [0.15, 0.2) is 0 Å².